The molecule has 4 nitrogen and oxygen atoms in total. The Morgan fingerprint density at radius 3 is 2.38 bits per heavy atom. The van der Waals surface area contributed by atoms with Crippen LogP contribution in [0.5, 0.6) is 0 Å². The molecule has 13 heavy (non-hydrogen) atoms. The second-order valence-electron chi connectivity index (χ2n) is 2.32. The summed E-state index contributed by atoms with van der Waals surface area (Å²) >= 11 is 0.412. The third-order valence-electron chi connectivity index (χ3n) is 1.33. The smallest absolute Gasteiger partial charge is 0.346 e. The number of carboxylic acid groups (broad SMARTS) is 1. The minimum absolute atomic E-state index is 0.156. The largest absolute Gasteiger partial charge is 0.477 e. The minimum atomic E-state index is -4.78. The van der Waals surface area contributed by atoms with Gasteiger partial charge >= 0.3 is 16.2 Å². The van der Waals surface area contributed by atoms with Crippen molar-refractivity contribution in [3.05, 3.63) is 16.5 Å². The van der Waals surface area contributed by atoms with E-state index >= 15 is 0 Å². The number of aryl methyl sites for hydroxylation is 1. The van der Waals surface area contributed by atoms with Crippen LogP contribution in [0.2, 0.25) is 0 Å². The molecule has 0 aliphatic carbocycles. The molecule has 0 spiro atoms. The third-order valence-corrected chi connectivity index (χ3v) is 3.80. The van der Waals surface area contributed by atoms with Crippen molar-refractivity contribution in [2.24, 2.45) is 0 Å². The summed E-state index contributed by atoms with van der Waals surface area (Å²) in [5.41, 5.74) is 0.244. The number of hydrogen-bond acceptors (Lipinski definition) is 4. The molecule has 0 aliphatic rings. The molecule has 0 bridgehead atoms. The zero-order valence-corrected chi connectivity index (χ0v) is 8.08. The van der Waals surface area contributed by atoms with E-state index in [0.717, 1.165) is 6.07 Å². The first-order valence-corrected chi connectivity index (χ1v) is 5.31. The van der Waals surface area contributed by atoms with Crippen molar-refractivity contribution in [3.8, 4) is 0 Å². The molecule has 0 atom stereocenters. The van der Waals surface area contributed by atoms with Crippen molar-refractivity contribution in [1.29, 1.82) is 0 Å². The molecule has 0 unspecified atom stereocenters. The minimum Gasteiger partial charge on any atom is -0.477 e. The van der Waals surface area contributed by atoms with Crippen LogP contribution in [-0.2, 0) is 10.2 Å². The zero-order chi connectivity index (χ0) is 10.2. The van der Waals surface area contributed by atoms with Gasteiger partial charge in [0.1, 0.15) is 4.88 Å². The lowest BCUT2D eigenvalue weighted by molar-refractivity contribution is 0.0701. The number of carboxylic acids is 1. The van der Waals surface area contributed by atoms with Crippen LogP contribution < -0.4 is 0 Å². The molecule has 0 saturated heterocycles. The fourth-order valence-electron chi connectivity index (χ4n) is 0.785. The van der Waals surface area contributed by atoms with E-state index in [1.165, 1.54) is 6.92 Å². The monoisotopic (exact) mass is 224 g/mol. The molecule has 1 heterocycles. The lowest BCUT2D eigenvalue weighted by Gasteiger charge is -1.86. The molecule has 0 aliphatic heterocycles. The number of rotatable bonds is 2. The van der Waals surface area contributed by atoms with E-state index in [1.807, 2.05) is 0 Å². The van der Waals surface area contributed by atoms with Gasteiger partial charge in [-0.25, -0.2) is 4.79 Å². The summed E-state index contributed by atoms with van der Waals surface area (Å²) in [6, 6.07) is 1.00. The van der Waals surface area contributed by atoms with Gasteiger partial charge in [0.2, 0.25) is 0 Å². The van der Waals surface area contributed by atoms with Crippen molar-refractivity contribution in [3.63, 3.8) is 0 Å². The molecular weight excluding hydrogens is 219 g/mol. The number of halogens is 1. The van der Waals surface area contributed by atoms with Gasteiger partial charge in [-0.05, 0) is 18.6 Å². The fourth-order valence-corrected chi connectivity index (χ4v) is 2.50. The summed E-state index contributed by atoms with van der Waals surface area (Å²) in [5.74, 6) is -1.25. The third kappa shape index (κ3) is 2.04. The Morgan fingerprint density at radius 1 is 1.62 bits per heavy atom. The molecule has 7 heteroatoms. The van der Waals surface area contributed by atoms with Crippen molar-refractivity contribution >= 4 is 27.5 Å². The Balaban J connectivity index is 3.33. The number of aromatic carboxylic acids is 1. The molecule has 0 aromatic carbocycles. The van der Waals surface area contributed by atoms with Crippen LogP contribution in [0.4, 0.5) is 3.89 Å². The Bertz CT molecular complexity index is 445. The van der Waals surface area contributed by atoms with Crippen molar-refractivity contribution < 1.29 is 22.2 Å². The van der Waals surface area contributed by atoms with Gasteiger partial charge in [-0.1, -0.05) is 3.89 Å². The fraction of sp³-hybridized carbons (Fsp3) is 0.167. The highest BCUT2D eigenvalue weighted by Gasteiger charge is 2.20. The maximum absolute atomic E-state index is 12.4. The summed E-state index contributed by atoms with van der Waals surface area (Å²) in [5, 5.41) is 8.54. The normalized spacial score (nSPS) is 11.5. The molecule has 1 N–H and O–H groups in total. The van der Waals surface area contributed by atoms with Crippen LogP contribution in [0.25, 0.3) is 0 Å². The number of hydrogen-bond donors (Lipinski definition) is 1. The number of carbonyl (C=O) groups is 1. The molecule has 0 radical (unpaired) electrons. The molecule has 0 saturated carbocycles. The highest BCUT2D eigenvalue weighted by Crippen LogP contribution is 2.27. The highest BCUT2D eigenvalue weighted by atomic mass is 32.3. The van der Waals surface area contributed by atoms with Crippen LogP contribution in [0.3, 0.4) is 0 Å². The van der Waals surface area contributed by atoms with Gasteiger partial charge in [-0.3, -0.25) is 0 Å². The van der Waals surface area contributed by atoms with Gasteiger partial charge in [-0.15, -0.1) is 11.3 Å². The summed E-state index contributed by atoms with van der Waals surface area (Å²) in [4.78, 5) is 10.3. The van der Waals surface area contributed by atoms with E-state index in [-0.39, 0.29) is 10.4 Å². The second kappa shape index (κ2) is 3.08. The Hall–Kier alpha value is -0.950. The predicted molar refractivity (Wildman–Crippen MR) is 44.3 cm³/mol. The van der Waals surface area contributed by atoms with Crippen LogP contribution >= 0.6 is 11.3 Å². The van der Waals surface area contributed by atoms with E-state index in [1.54, 1.807) is 0 Å². The molecular formula is C6H5FO4S2. The van der Waals surface area contributed by atoms with Crippen molar-refractivity contribution in [1.82, 2.24) is 0 Å². The van der Waals surface area contributed by atoms with E-state index in [4.69, 9.17) is 5.11 Å². The quantitative estimate of drug-likeness (QED) is 0.771. The highest BCUT2D eigenvalue weighted by molar-refractivity contribution is 7.88. The summed E-state index contributed by atoms with van der Waals surface area (Å²) < 4.78 is 32.5. The van der Waals surface area contributed by atoms with Gasteiger partial charge in [0.25, 0.3) is 0 Å². The van der Waals surface area contributed by atoms with E-state index in [0.29, 0.717) is 11.3 Å². The molecule has 1 aromatic rings. The number of thiophene rings is 1. The lowest BCUT2D eigenvalue weighted by Crippen LogP contribution is -1.93. The van der Waals surface area contributed by atoms with Crippen molar-refractivity contribution in [2.45, 2.75) is 11.1 Å². The Labute approximate surface area is 77.8 Å². The van der Waals surface area contributed by atoms with Gasteiger partial charge in [-0.2, -0.15) is 8.42 Å². The molecule has 72 valence electrons. The standard InChI is InChI=1S/C6H5FO4S2/c1-3-2-4(13(7,10)11)12-5(3)6(8)9/h2H,1H3,(H,8,9). The first kappa shape index (κ1) is 10.1. The zero-order valence-electron chi connectivity index (χ0n) is 6.44. The van der Waals surface area contributed by atoms with E-state index in [2.05, 4.69) is 0 Å². The first-order valence-electron chi connectivity index (χ1n) is 3.11. The lowest BCUT2D eigenvalue weighted by atomic mass is 10.3. The second-order valence-corrected chi connectivity index (χ2v) is 4.95. The van der Waals surface area contributed by atoms with E-state index in [9.17, 15) is 17.1 Å². The average molecular weight is 224 g/mol. The molecule has 0 fully saturated rings. The van der Waals surface area contributed by atoms with Crippen LogP contribution in [0.15, 0.2) is 10.3 Å². The van der Waals surface area contributed by atoms with Gasteiger partial charge < -0.3 is 5.11 Å². The van der Waals surface area contributed by atoms with Crippen LogP contribution in [0.1, 0.15) is 15.2 Å². The molecule has 1 rings (SSSR count). The molecule has 0 amide bonds. The summed E-state index contributed by atoms with van der Waals surface area (Å²) in [6.07, 6.45) is 0. The summed E-state index contributed by atoms with van der Waals surface area (Å²) in [7, 11) is -4.78. The van der Waals surface area contributed by atoms with Gasteiger partial charge in [0.15, 0.2) is 4.21 Å². The maximum atomic E-state index is 12.4. The Morgan fingerprint density at radius 2 is 2.15 bits per heavy atom. The first-order chi connectivity index (χ1) is 5.82. The predicted octanol–water partition coefficient (Wildman–Crippen LogP) is 1.41. The summed E-state index contributed by atoms with van der Waals surface area (Å²) in [6.45, 7) is 1.41. The SMILES string of the molecule is Cc1cc(S(=O)(=O)F)sc1C(=O)O. The van der Waals surface area contributed by atoms with E-state index < -0.39 is 20.4 Å². The maximum Gasteiger partial charge on any atom is 0.346 e. The average Bonchev–Trinajstić information content (AvgIpc) is 2.29. The van der Waals surface area contributed by atoms with Gasteiger partial charge in [0.05, 0.1) is 0 Å². The Kier molecular flexibility index (Phi) is 2.40. The van der Waals surface area contributed by atoms with Crippen LogP contribution in [-0.4, -0.2) is 19.5 Å². The van der Waals surface area contributed by atoms with Crippen molar-refractivity contribution in [2.75, 3.05) is 0 Å². The van der Waals surface area contributed by atoms with Gasteiger partial charge in [0, 0.05) is 0 Å². The topological polar surface area (TPSA) is 71.4 Å². The molecule has 1 aromatic heterocycles. The van der Waals surface area contributed by atoms with Crippen LogP contribution in [0, 0.1) is 6.92 Å².